The minimum atomic E-state index is -1.82. The van der Waals surface area contributed by atoms with Gasteiger partial charge in [0.1, 0.15) is 0 Å². The molecule has 0 aromatic carbocycles. The predicted octanol–water partition coefficient (Wildman–Crippen LogP) is 2.24. The van der Waals surface area contributed by atoms with Crippen LogP contribution in [0.4, 0.5) is 0 Å². The van der Waals surface area contributed by atoms with Crippen LogP contribution in [0.15, 0.2) is 18.7 Å². The number of fused-ring (bicyclic) bond motifs is 2. The Balaban J connectivity index is 0.000000480. The highest BCUT2D eigenvalue weighted by molar-refractivity contribution is 6.27. The van der Waals surface area contributed by atoms with Gasteiger partial charge in [-0.3, -0.25) is 0 Å². The van der Waals surface area contributed by atoms with Crippen molar-refractivity contribution in [2.75, 3.05) is 19.7 Å². The standard InChI is InChI=1S/C23H37N3O5.C2H2O4/c1-16-5-6-19-17(2)20(27-14-11-24-9-4-12-26-13-10-25-15-26)28-21-23(19)18(16)7-8-22(3,29-21)30-31-23;3-1(4)2(5)6/h10,13,15-21,24H,4-9,11-12,14H2,1-3H3;(H,3,4)(H,5,6)/t16-,17-,18+,19+,20+,21-,22-,23-;/m1./s1. The van der Waals surface area contributed by atoms with E-state index in [-0.39, 0.29) is 12.2 Å². The highest BCUT2D eigenvalue weighted by Crippen LogP contribution is 2.60. The summed E-state index contributed by atoms with van der Waals surface area (Å²) in [5, 5.41) is 18.2. The van der Waals surface area contributed by atoms with E-state index in [0.717, 1.165) is 45.3 Å². The quantitative estimate of drug-likeness (QED) is 0.260. The van der Waals surface area contributed by atoms with E-state index in [1.165, 1.54) is 6.42 Å². The molecule has 4 saturated heterocycles. The topological polar surface area (TPSA) is 151 Å². The number of nitrogens with one attached hydrogen (secondary N) is 1. The highest BCUT2D eigenvalue weighted by atomic mass is 17.3. The number of imidazole rings is 1. The van der Waals surface area contributed by atoms with Crippen LogP contribution < -0.4 is 5.32 Å². The molecule has 8 atom stereocenters. The molecule has 5 fully saturated rings. The molecule has 12 nitrogen and oxygen atoms in total. The Morgan fingerprint density at radius 3 is 2.62 bits per heavy atom. The number of nitrogens with zero attached hydrogens (tertiary/aromatic N) is 2. The van der Waals surface area contributed by atoms with Crippen molar-refractivity contribution >= 4 is 11.9 Å². The van der Waals surface area contributed by atoms with Crippen molar-refractivity contribution in [1.29, 1.82) is 0 Å². The molecule has 1 aromatic heterocycles. The molecule has 3 N–H and O–H groups in total. The van der Waals surface area contributed by atoms with Gasteiger partial charge in [-0.15, -0.1) is 0 Å². The lowest BCUT2D eigenvalue weighted by Gasteiger charge is -2.60. The maximum absolute atomic E-state index is 9.10. The smallest absolute Gasteiger partial charge is 0.414 e. The average Bonchev–Trinajstić information content (AvgIpc) is 3.28. The molecule has 1 saturated carbocycles. The van der Waals surface area contributed by atoms with E-state index in [0.29, 0.717) is 24.4 Å². The number of carbonyl (C=O) groups is 2. The first kappa shape index (κ1) is 27.9. The zero-order valence-corrected chi connectivity index (χ0v) is 21.7. The van der Waals surface area contributed by atoms with Crippen LogP contribution in [0.3, 0.4) is 0 Å². The summed E-state index contributed by atoms with van der Waals surface area (Å²) in [6, 6.07) is 0. The van der Waals surface area contributed by atoms with E-state index >= 15 is 0 Å². The van der Waals surface area contributed by atoms with Crippen LogP contribution in [-0.2, 0) is 40.1 Å². The van der Waals surface area contributed by atoms with Gasteiger partial charge in [-0.05, 0) is 51.0 Å². The minimum Gasteiger partial charge on any atom is -0.473 e. The van der Waals surface area contributed by atoms with Crippen molar-refractivity contribution in [3.8, 4) is 0 Å². The number of aryl methyl sites for hydroxylation is 1. The van der Waals surface area contributed by atoms with Gasteiger partial charge in [-0.25, -0.2) is 24.3 Å². The molecule has 0 unspecified atom stereocenters. The molecular formula is C25H39N3O9. The van der Waals surface area contributed by atoms with Crippen LogP contribution in [0.5, 0.6) is 0 Å². The summed E-state index contributed by atoms with van der Waals surface area (Å²) in [4.78, 5) is 34.3. The van der Waals surface area contributed by atoms with E-state index in [2.05, 4.69) is 28.7 Å². The Hall–Kier alpha value is -2.09. The number of carboxylic acid groups (broad SMARTS) is 2. The zero-order valence-electron chi connectivity index (χ0n) is 21.7. The van der Waals surface area contributed by atoms with E-state index < -0.39 is 29.6 Å². The molecule has 12 heteroatoms. The molecular weight excluding hydrogens is 486 g/mol. The van der Waals surface area contributed by atoms with Crippen molar-refractivity contribution in [1.82, 2.24) is 14.9 Å². The second kappa shape index (κ2) is 11.7. The van der Waals surface area contributed by atoms with Gasteiger partial charge in [-0.1, -0.05) is 13.8 Å². The SMILES string of the molecule is C[C@H]1[C@@H](OCCNCCCn2ccnc2)O[C@@H]2O[C@@]3(C)CC[C@H]4[C@H](C)CC[C@@H]1[C@@]24OO3.O=C(O)C(=O)O. The van der Waals surface area contributed by atoms with Gasteiger partial charge in [0, 0.05) is 43.7 Å². The van der Waals surface area contributed by atoms with Gasteiger partial charge in [0.15, 0.2) is 18.2 Å². The van der Waals surface area contributed by atoms with Gasteiger partial charge in [0.25, 0.3) is 0 Å². The lowest BCUT2D eigenvalue weighted by Crippen LogP contribution is -2.70. The molecule has 2 bridgehead atoms. The average molecular weight is 526 g/mol. The first-order valence-electron chi connectivity index (χ1n) is 13.1. The Morgan fingerprint density at radius 2 is 1.92 bits per heavy atom. The normalized spacial score (nSPS) is 38.1. The first-order valence-corrected chi connectivity index (χ1v) is 13.1. The molecule has 1 aromatic rings. The molecule has 37 heavy (non-hydrogen) atoms. The molecule has 1 aliphatic carbocycles. The third-order valence-corrected chi connectivity index (χ3v) is 8.17. The molecule has 6 rings (SSSR count). The van der Waals surface area contributed by atoms with E-state index in [1.807, 2.05) is 25.6 Å². The van der Waals surface area contributed by atoms with Crippen molar-refractivity contribution in [2.45, 2.75) is 83.4 Å². The summed E-state index contributed by atoms with van der Waals surface area (Å²) < 4.78 is 21.1. The minimum absolute atomic E-state index is 0.224. The number of rotatable bonds is 8. The molecule has 5 heterocycles. The fraction of sp³-hybridized carbons (Fsp3) is 0.800. The fourth-order valence-electron chi connectivity index (χ4n) is 6.24. The van der Waals surface area contributed by atoms with Crippen LogP contribution in [0.2, 0.25) is 0 Å². The fourth-order valence-corrected chi connectivity index (χ4v) is 6.24. The van der Waals surface area contributed by atoms with E-state index in [4.69, 9.17) is 43.8 Å². The Kier molecular flexibility index (Phi) is 8.87. The van der Waals surface area contributed by atoms with Crippen molar-refractivity contribution in [3.63, 3.8) is 0 Å². The van der Waals surface area contributed by atoms with Crippen LogP contribution in [0.1, 0.15) is 52.9 Å². The van der Waals surface area contributed by atoms with Crippen LogP contribution in [-0.4, -0.2) is 75.4 Å². The van der Waals surface area contributed by atoms with Crippen molar-refractivity contribution < 1.29 is 43.8 Å². The monoisotopic (exact) mass is 525 g/mol. The van der Waals surface area contributed by atoms with Crippen molar-refractivity contribution in [3.05, 3.63) is 18.7 Å². The number of hydrogen-bond acceptors (Lipinski definition) is 9. The third-order valence-electron chi connectivity index (χ3n) is 8.17. The number of carboxylic acids is 2. The third kappa shape index (κ3) is 5.99. The number of ether oxygens (including phenoxy) is 3. The maximum atomic E-state index is 9.10. The molecule has 0 radical (unpaired) electrons. The van der Waals surface area contributed by atoms with Crippen LogP contribution >= 0.6 is 0 Å². The number of aromatic nitrogens is 2. The summed E-state index contributed by atoms with van der Waals surface area (Å²) in [5.41, 5.74) is -0.515. The van der Waals surface area contributed by atoms with Gasteiger partial charge in [-0.2, -0.15) is 0 Å². The summed E-state index contributed by atoms with van der Waals surface area (Å²) >= 11 is 0. The van der Waals surface area contributed by atoms with Gasteiger partial charge in [0.2, 0.25) is 5.79 Å². The number of aliphatic carboxylic acids is 2. The molecule has 1 spiro atoms. The number of hydrogen-bond donors (Lipinski definition) is 3. The van der Waals surface area contributed by atoms with E-state index in [9.17, 15) is 0 Å². The molecule has 4 aliphatic heterocycles. The highest BCUT2D eigenvalue weighted by Gasteiger charge is 2.69. The Labute approximate surface area is 216 Å². The largest absolute Gasteiger partial charge is 0.473 e. The van der Waals surface area contributed by atoms with Crippen molar-refractivity contribution in [2.24, 2.45) is 23.7 Å². The lowest BCUT2D eigenvalue weighted by atomic mass is 9.58. The first-order chi connectivity index (χ1) is 17.7. The predicted molar refractivity (Wildman–Crippen MR) is 128 cm³/mol. The summed E-state index contributed by atoms with van der Waals surface area (Å²) in [6.45, 7) is 9.86. The van der Waals surface area contributed by atoms with Gasteiger partial charge < -0.3 is 34.3 Å². The summed E-state index contributed by atoms with van der Waals surface area (Å²) in [7, 11) is 0. The Bertz CT molecular complexity index is 903. The second-order valence-corrected chi connectivity index (χ2v) is 10.7. The molecule has 5 aliphatic rings. The second-order valence-electron chi connectivity index (χ2n) is 10.7. The molecule has 0 amide bonds. The molecule has 208 valence electrons. The van der Waals surface area contributed by atoms with Gasteiger partial charge >= 0.3 is 11.9 Å². The zero-order chi connectivity index (χ0) is 26.6. The maximum Gasteiger partial charge on any atom is 0.414 e. The van der Waals surface area contributed by atoms with E-state index in [1.54, 1.807) is 0 Å². The van der Waals surface area contributed by atoms with Crippen LogP contribution in [0.25, 0.3) is 0 Å². The summed E-state index contributed by atoms with van der Waals surface area (Å²) in [6.07, 6.45) is 10.2. The summed E-state index contributed by atoms with van der Waals surface area (Å²) in [5.74, 6) is -2.89. The Morgan fingerprint density at radius 1 is 1.14 bits per heavy atom. The lowest BCUT2D eigenvalue weighted by molar-refractivity contribution is -0.577. The van der Waals surface area contributed by atoms with Crippen LogP contribution in [0, 0.1) is 23.7 Å². The van der Waals surface area contributed by atoms with Gasteiger partial charge in [0.05, 0.1) is 12.9 Å².